The monoisotopic (exact) mass is 471 g/mol. The van der Waals surface area contributed by atoms with Crippen LogP contribution in [0.4, 0.5) is 0 Å². The number of unbranched alkanes of at least 4 members (excludes halogenated alkanes) is 1. The Morgan fingerprint density at radius 1 is 0.771 bits per heavy atom. The van der Waals surface area contributed by atoms with Crippen LogP contribution in [0.3, 0.4) is 0 Å². The molecule has 3 rings (SSSR count). The Bertz CT molecular complexity index is 1010. The number of hydrogen-bond acceptors (Lipinski definition) is 3. The molecule has 0 aliphatic carbocycles. The Morgan fingerprint density at radius 3 is 2.00 bits per heavy atom. The van der Waals surface area contributed by atoms with Gasteiger partial charge in [0, 0.05) is 18.2 Å². The highest BCUT2D eigenvalue weighted by Crippen LogP contribution is 2.08. The number of benzene rings is 3. The van der Waals surface area contributed by atoms with Gasteiger partial charge in [0.15, 0.2) is 0 Å². The van der Waals surface area contributed by atoms with Crippen LogP contribution in [-0.2, 0) is 17.8 Å². The van der Waals surface area contributed by atoms with E-state index in [-0.39, 0.29) is 11.8 Å². The summed E-state index contributed by atoms with van der Waals surface area (Å²) in [6.07, 6.45) is 4.44. The number of carbonyl (C=O) groups excluding carboxylic acids is 2. The van der Waals surface area contributed by atoms with Crippen LogP contribution >= 0.6 is 0 Å². The summed E-state index contributed by atoms with van der Waals surface area (Å²) in [6.45, 7) is 3.53. The van der Waals surface area contributed by atoms with Gasteiger partial charge in [0.1, 0.15) is 6.04 Å². The van der Waals surface area contributed by atoms with Gasteiger partial charge in [-0.15, -0.1) is 0 Å². The van der Waals surface area contributed by atoms with Crippen LogP contribution < -0.4 is 16.0 Å². The fourth-order valence-corrected chi connectivity index (χ4v) is 4.05. The lowest BCUT2D eigenvalue weighted by atomic mass is 10.0. The van der Waals surface area contributed by atoms with Crippen molar-refractivity contribution >= 4 is 11.8 Å². The highest BCUT2D eigenvalue weighted by Gasteiger charge is 2.21. The van der Waals surface area contributed by atoms with E-state index in [2.05, 4.69) is 47.1 Å². The van der Waals surface area contributed by atoms with Gasteiger partial charge in [0.25, 0.3) is 5.91 Å². The van der Waals surface area contributed by atoms with Crippen molar-refractivity contribution in [2.45, 2.75) is 57.7 Å². The van der Waals surface area contributed by atoms with E-state index < -0.39 is 6.04 Å². The molecular weight excluding hydrogens is 434 g/mol. The van der Waals surface area contributed by atoms with E-state index in [1.165, 1.54) is 5.56 Å². The smallest absolute Gasteiger partial charge is 0.251 e. The molecule has 3 aromatic carbocycles. The molecule has 2 atom stereocenters. The molecule has 5 nitrogen and oxygen atoms in total. The lowest BCUT2D eigenvalue weighted by Crippen LogP contribution is -2.46. The van der Waals surface area contributed by atoms with E-state index in [1.54, 1.807) is 12.1 Å². The molecular formula is C30H37N3O2. The van der Waals surface area contributed by atoms with Gasteiger partial charge >= 0.3 is 0 Å². The summed E-state index contributed by atoms with van der Waals surface area (Å²) in [6, 6.07) is 29.2. The van der Waals surface area contributed by atoms with Crippen LogP contribution in [0, 0.1) is 0 Å². The number of carbonyl (C=O) groups is 2. The highest BCUT2D eigenvalue weighted by atomic mass is 16.2. The first-order chi connectivity index (χ1) is 17.2. The van der Waals surface area contributed by atoms with Crippen molar-refractivity contribution in [2.75, 3.05) is 6.54 Å². The second-order valence-corrected chi connectivity index (χ2v) is 8.84. The Hall–Kier alpha value is -3.44. The van der Waals surface area contributed by atoms with Crippen molar-refractivity contribution in [3.05, 3.63) is 108 Å². The fourth-order valence-electron chi connectivity index (χ4n) is 4.05. The molecule has 5 heteroatoms. The van der Waals surface area contributed by atoms with Crippen LogP contribution in [0.25, 0.3) is 0 Å². The van der Waals surface area contributed by atoms with E-state index in [1.807, 2.05) is 54.6 Å². The lowest BCUT2D eigenvalue weighted by molar-refractivity contribution is -0.123. The molecule has 0 radical (unpaired) electrons. The summed E-state index contributed by atoms with van der Waals surface area (Å²) >= 11 is 0. The van der Waals surface area contributed by atoms with Crippen LogP contribution in [0.15, 0.2) is 91.0 Å². The Labute approximate surface area is 209 Å². The summed E-state index contributed by atoms with van der Waals surface area (Å²) in [4.78, 5) is 25.7. The summed E-state index contributed by atoms with van der Waals surface area (Å²) in [5, 5.41) is 9.57. The molecule has 0 saturated heterocycles. The first-order valence-electron chi connectivity index (χ1n) is 12.6. The van der Waals surface area contributed by atoms with Crippen LogP contribution in [0.1, 0.15) is 54.1 Å². The van der Waals surface area contributed by atoms with Crippen molar-refractivity contribution in [1.82, 2.24) is 16.0 Å². The first-order valence-corrected chi connectivity index (χ1v) is 12.6. The molecule has 0 spiro atoms. The third-order valence-electron chi connectivity index (χ3n) is 6.14. The summed E-state index contributed by atoms with van der Waals surface area (Å²) in [7, 11) is 0. The average Bonchev–Trinajstić information content (AvgIpc) is 2.91. The normalized spacial score (nSPS) is 12.5. The molecule has 0 saturated carbocycles. The third kappa shape index (κ3) is 9.38. The molecule has 0 aromatic heterocycles. The van der Waals surface area contributed by atoms with Gasteiger partial charge in [-0.3, -0.25) is 9.59 Å². The number of nitrogens with one attached hydrogen (secondary N) is 3. The molecule has 3 N–H and O–H groups in total. The first kappa shape index (κ1) is 26.2. The van der Waals surface area contributed by atoms with Gasteiger partial charge < -0.3 is 16.0 Å². The molecule has 1 unspecified atom stereocenters. The summed E-state index contributed by atoms with van der Waals surface area (Å²) in [5.41, 5.74) is 2.93. The molecule has 0 heterocycles. The third-order valence-corrected chi connectivity index (χ3v) is 6.14. The summed E-state index contributed by atoms with van der Waals surface area (Å²) in [5.74, 6) is -0.376. The quantitative estimate of drug-likeness (QED) is 0.294. The van der Waals surface area contributed by atoms with Crippen molar-refractivity contribution < 1.29 is 9.59 Å². The Morgan fingerprint density at radius 2 is 1.37 bits per heavy atom. The molecule has 184 valence electrons. The second kappa shape index (κ2) is 14.7. The number of hydrogen-bond donors (Lipinski definition) is 3. The maximum absolute atomic E-state index is 13.0. The molecule has 0 aliphatic rings. The molecule has 0 fully saturated rings. The number of amides is 2. The zero-order valence-corrected chi connectivity index (χ0v) is 20.6. The molecule has 0 bridgehead atoms. The van der Waals surface area contributed by atoms with E-state index >= 15 is 0 Å². The lowest BCUT2D eigenvalue weighted by Gasteiger charge is -2.20. The van der Waals surface area contributed by atoms with E-state index in [4.69, 9.17) is 0 Å². The SMILES string of the molecule is CC[C@H](Cc1ccccc1)NCCCCC(NC(=O)c1ccccc1)C(=O)NCc1ccccc1. The molecule has 2 amide bonds. The largest absolute Gasteiger partial charge is 0.350 e. The average molecular weight is 472 g/mol. The standard InChI is InChI=1S/C30H37N3O2/c1-2-27(22-24-14-6-3-7-15-24)31-21-13-12-20-28(33-29(34)26-18-10-5-11-19-26)30(35)32-23-25-16-8-4-9-17-25/h3-11,14-19,27-28,31H,2,12-13,20-23H2,1H3,(H,32,35)(H,33,34)/t27-,28?/m1/s1. The zero-order valence-electron chi connectivity index (χ0n) is 20.6. The molecule has 0 aliphatic heterocycles. The Balaban J connectivity index is 1.49. The summed E-state index contributed by atoms with van der Waals surface area (Å²) < 4.78 is 0. The van der Waals surface area contributed by atoms with Gasteiger partial charge in [-0.05, 0) is 61.9 Å². The minimum Gasteiger partial charge on any atom is -0.350 e. The van der Waals surface area contributed by atoms with Gasteiger partial charge in [-0.2, -0.15) is 0 Å². The number of rotatable bonds is 14. The van der Waals surface area contributed by atoms with Crippen molar-refractivity contribution in [2.24, 2.45) is 0 Å². The molecule has 35 heavy (non-hydrogen) atoms. The predicted octanol–water partition coefficient (Wildman–Crippen LogP) is 4.88. The van der Waals surface area contributed by atoms with Crippen LogP contribution in [0.5, 0.6) is 0 Å². The second-order valence-electron chi connectivity index (χ2n) is 8.84. The Kier molecular flexibility index (Phi) is 11.0. The van der Waals surface area contributed by atoms with E-state index in [0.717, 1.165) is 37.8 Å². The van der Waals surface area contributed by atoms with Gasteiger partial charge in [-0.25, -0.2) is 0 Å². The van der Waals surface area contributed by atoms with Crippen molar-refractivity contribution in [3.63, 3.8) is 0 Å². The topological polar surface area (TPSA) is 70.2 Å². The zero-order chi connectivity index (χ0) is 24.7. The minimum absolute atomic E-state index is 0.151. The van der Waals surface area contributed by atoms with Crippen LogP contribution in [0.2, 0.25) is 0 Å². The maximum atomic E-state index is 13.0. The fraction of sp³-hybridized carbons (Fsp3) is 0.333. The molecule has 3 aromatic rings. The van der Waals surface area contributed by atoms with Gasteiger partial charge in [0.05, 0.1) is 0 Å². The van der Waals surface area contributed by atoms with E-state index in [9.17, 15) is 9.59 Å². The van der Waals surface area contributed by atoms with Gasteiger partial charge in [0.2, 0.25) is 5.91 Å². The highest BCUT2D eigenvalue weighted by molar-refractivity contribution is 5.97. The van der Waals surface area contributed by atoms with Crippen molar-refractivity contribution in [3.8, 4) is 0 Å². The minimum atomic E-state index is -0.572. The van der Waals surface area contributed by atoms with E-state index in [0.29, 0.717) is 24.6 Å². The maximum Gasteiger partial charge on any atom is 0.251 e. The predicted molar refractivity (Wildman–Crippen MR) is 142 cm³/mol. The van der Waals surface area contributed by atoms with Crippen LogP contribution in [-0.4, -0.2) is 30.4 Å². The van der Waals surface area contributed by atoms with Crippen molar-refractivity contribution in [1.29, 1.82) is 0 Å². The van der Waals surface area contributed by atoms with Gasteiger partial charge in [-0.1, -0.05) is 85.8 Å².